The van der Waals surface area contributed by atoms with Gasteiger partial charge >= 0.3 is 0 Å². The molecule has 4 heteroatoms. The van der Waals surface area contributed by atoms with Gasteiger partial charge in [0.1, 0.15) is 0 Å². The van der Waals surface area contributed by atoms with Gasteiger partial charge in [-0.1, -0.05) is 25.4 Å². The zero-order valence-electron chi connectivity index (χ0n) is 9.98. The second-order valence-electron chi connectivity index (χ2n) is 4.44. The highest BCUT2D eigenvalue weighted by molar-refractivity contribution is 8.00. The number of nitrogens with zero attached hydrogens (tertiary/aromatic N) is 2. The van der Waals surface area contributed by atoms with E-state index in [1.54, 1.807) is 6.07 Å². The van der Waals surface area contributed by atoms with Gasteiger partial charge in [-0.15, -0.1) is 0 Å². The molecule has 1 fully saturated rings. The first-order chi connectivity index (χ1) is 8.10. The zero-order valence-corrected chi connectivity index (χ0v) is 11.6. The molecule has 0 saturated carbocycles. The molecule has 90 valence electrons. The second kappa shape index (κ2) is 5.20. The van der Waals surface area contributed by atoms with Gasteiger partial charge in [-0.25, -0.2) is 0 Å². The van der Waals surface area contributed by atoms with Crippen molar-refractivity contribution in [3.05, 3.63) is 28.8 Å². The topological polar surface area (TPSA) is 27.0 Å². The van der Waals surface area contributed by atoms with Crippen molar-refractivity contribution in [2.24, 2.45) is 0 Å². The Balaban J connectivity index is 2.25. The van der Waals surface area contributed by atoms with E-state index < -0.39 is 0 Å². The van der Waals surface area contributed by atoms with Gasteiger partial charge < -0.3 is 4.90 Å². The molecular weight excluding hydrogens is 252 g/mol. The highest BCUT2D eigenvalue weighted by Crippen LogP contribution is 2.33. The van der Waals surface area contributed by atoms with Gasteiger partial charge in [0, 0.05) is 23.6 Å². The number of anilines is 1. The Kier molecular flexibility index (Phi) is 3.86. The minimum atomic E-state index is 0.616. The number of halogens is 1. The van der Waals surface area contributed by atoms with Gasteiger partial charge in [-0.2, -0.15) is 17.0 Å². The molecule has 0 radical (unpaired) electrons. The molecule has 17 heavy (non-hydrogen) atoms. The molecule has 2 atom stereocenters. The highest BCUT2D eigenvalue weighted by Gasteiger charge is 2.23. The Morgan fingerprint density at radius 3 is 2.53 bits per heavy atom. The minimum absolute atomic E-state index is 0.616. The quantitative estimate of drug-likeness (QED) is 0.778. The average Bonchev–Trinajstić information content (AvgIpc) is 2.27. The minimum Gasteiger partial charge on any atom is -0.368 e. The maximum Gasteiger partial charge on any atom is 0.0992 e. The number of thioether (sulfide) groups is 1. The molecule has 1 aromatic rings. The van der Waals surface area contributed by atoms with Gasteiger partial charge in [-0.3, -0.25) is 0 Å². The first-order valence-corrected chi connectivity index (χ1v) is 7.02. The molecule has 2 rings (SSSR count). The van der Waals surface area contributed by atoms with Crippen molar-refractivity contribution >= 4 is 29.1 Å². The summed E-state index contributed by atoms with van der Waals surface area (Å²) < 4.78 is 0. The van der Waals surface area contributed by atoms with Crippen molar-refractivity contribution in [2.75, 3.05) is 18.0 Å². The number of benzene rings is 1. The predicted molar refractivity (Wildman–Crippen MR) is 74.9 cm³/mol. The normalized spacial score (nSPS) is 24.5. The van der Waals surface area contributed by atoms with Crippen molar-refractivity contribution in [3.63, 3.8) is 0 Å². The molecule has 0 aromatic heterocycles. The standard InChI is InChI=1S/C13H15ClN2S/c1-9-7-16(8-10(2)17-9)13-4-3-11(6-15)5-12(13)14/h3-5,9-10H,7-8H2,1-2H3. The van der Waals surface area contributed by atoms with Gasteiger partial charge in [-0.05, 0) is 18.2 Å². The van der Waals surface area contributed by atoms with Crippen molar-refractivity contribution < 1.29 is 0 Å². The van der Waals surface area contributed by atoms with Crippen molar-refractivity contribution in [1.29, 1.82) is 5.26 Å². The van der Waals surface area contributed by atoms with E-state index in [9.17, 15) is 0 Å². The largest absolute Gasteiger partial charge is 0.368 e. The summed E-state index contributed by atoms with van der Waals surface area (Å²) in [5.41, 5.74) is 1.66. The molecule has 1 aliphatic rings. The van der Waals surface area contributed by atoms with Crippen LogP contribution in [0.25, 0.3) is 0 Å². The first kappa shape index (κ1) is 12.6. The maximum absolute atomic E-state index is 8.82. The molecule has 0 amide bonds. The molecular formula is C13H15ClN2S. The summed E-state index contributed by atoms with van der Waals surface area (Å²) in [5, 5.41) is 10.7. The summed E-state index contributed by atoms with van der Waals surface area (Å²) in [6.07, 6.45) is 0. The Morgan fingerprint density at radius 2 is 2.00 bits per heavy atom. The lowest BCUT2D eigenvalue weighted by molar-refractivity contribution is 0.728. The zero-order chi connectivity index (χ0) is 12.4. The maximum atomic E-state index is 8.82. The third kappa shape index (κ3) is 2.88. The first-order valence-electron chi connectivity index (χ1n) is 5.70. The SMILES string of the molecule is CC1CN(c2ccc(C#N)cc2Cl)CC(C)S1. The molecule has 0 N–H and O–H groups in total. The van der Waals surface area contributed by atoms with E-state index in [4.69, 9.17) is 16.9 Å². The highest BCUT2D eigenvalue weighted by atomic mass is 35.5. The third-order valence-corrected chi connectivity index (χ3v) is 4.37. The van der Waals surface area contributed by atoms with Crippen LogP contribution in [0.15, 0.2) is 18.2 Å². The van der Waals surface area contributed by atoms with Crippen LogP contribution in [0.2, 0.25) is 5.02 Å². The lowest BCUT2D eigenvalue weighted by Crippen LogP contribution is -2.40. The van der Waals surface area contributed by atoms with Crippen LogP contribution in [-0.4, -0.2) is 23.6 Å². The number of hydrogen-bond donors (Lipinski definition) is 0. The fourth-order valence-corrected chi connectivity index (χ4v) is 3.83. The van der Waals surface area contributed by atoms with E-state index in [-0.39, 0.29) is 0 Å². The van der Waals surface area contributed by atoms with Crippen LogP contribution in [0.5, 0.6) is 0 Å². The molecule has 0 spiro atoms. The Hall–Kier alpha value is -0.850. The third-order valence-electron chi connectivity index (χ3n) is 2.84. The van der Waals surface area contributed by atoms with Gasteiger partial charge in [0.15, 0.2) is 0 Å². The van der Waals surface area contributed by atoms with Crippen molar-refractivity contribution in [1.82, 2.24) is 0 Å². The molecule has 1 saturated heterocycles. The predicted octanol–water partition coefficient (Wildman–Crippen LogP) is 3.54. The van der Waals surface area contributed by atoms with Crippen LogP contribution in [-0.2, 0) is 0 Å². The fourth-order valence-electron chi connectivity index (χ4n) is 2.21. The molecule has 0 bridgehead atoms. The van der Waals surface area contributed by atoms with Crippen molar-refractivity contribution in [3.8, 4) is 6.07 Å². The summed E-state index contributed by atoms with van der Waals surface area (Å²) in [6.45, 7) is 6.51. The van der Waals surface area contributed by atoms with E-state index in [1.807, 2.05) is 23.9 Å². The van der Waals surface area contributed by atoms with E-state index in [0.29, 0.717) is 21.1 Å². The fraction of sp³-hybridized carbons (Fsp3) is 0.462. The Bertz CT molecular complexity index is 445. The summed E-state index contributed by atoms with van der Waals surface area (Å²) in [5.74, 6) is 0. The van der Waals surface area contributed by atoms with Gasteiger partial charge in [0.25, 0.3) is 0 Å². The van der Waals surface area contributed by atoms with Crippen LogP contribution in [0.4, 0.5) is 5.69 Å². The van der Waals surface area contributed by atoms with Crippen LogP contribution >= 0.6 is 23.4 Å². The molecule has 1 heterocycles. The van der Waals surface area contributed by atoms with E-state index in [0.717, 1.165) is 18.8 Å². The van der Waals surface area contributed by atoms with E-state index in [1.165, 1.54) is 0 Å². The Morgan fingerprint density at radius 1 is 1.35 bits per heavy atom. The molecule has 2 nitrogen and oxygen atoms in total. The monoisotopic (exact) mass is 266 g/mol. The average molecular weight is 267 g/mol. The van der Waals surface area contributed by atoms with Crippen LogP contribution in [0.3, 0.4) is 0 Å². The molecule has 1 aliphatic heterocycles. The molecule has 0 aliphatic carbocycles. The van der Waals surface area contributed by atoms with E-state index in [2.05, 4.69) is 24.8 Å². The number of hydrogen-bond acceptors (Lipinski definition) is 3. The van der Waals surface area contributed by atoms with Crippen LogP contribution in [0, 0.1) is 11.3 Å². The summed E-state index contributed by atoms with van der Waals surface area (Å²) in [6, 6.07) is 7.64. The van der Waals surface area contributed by atoms with Crippen LogP contribution in [0.1, 0.15) is 19.4 Å². The molecule has 1 aromatic carbocycles. The van der Waals surface area contributed by atoms with Crippen LogP contribution < -0.4 is 4.90 Å². The van der Waals surface area contributed by atoms with Crippen molar-refractivity contribution in [2.45, 2.75) is 24.3 Å². The van der Waals surface area contributed by atoms with Gasteiger partial charge in [0.2, 0.25) is 0 Å². The lowest BCUT2D eigenvalue weighted by Gasteiger charge is -2.36. The van der Waals surface area contributed by atoms with E-state index >= 15 is 0 Å². The second-order valence-corrected chi connectivity index (χ2v) is 6.73. The number of nitriles is 1. The van der Waals surface area contributed by atoms with Gasteiger partial charge in [0.05, 0.1) is 22.3 Å². The smallest absolute Gasteiger partial charge is 0.0992 e. The Labute approximate surface area is 112 Å². The number of rotatable bonds is 1. The molecule has 2 unspecified atom stereocenters. The summed E-state index contributed by atoms with van der Waals surface area (Å²) in [4.78, 5) is 2.31. The lowest BCUT2D eigenvalue weighted by atomic mass is 10.2. The summed E-state index contributed by atoms with van der Waals surface area (Å²) >= 11 is 8.25. The summed E-state index contributed by atoms with van der Waals surface area (Å²) in [7, 11) is 0.